The van der Waals surface area contributed by atoms with Crippen molar-refractivity contribution in [2.24, 2.45) is 4.99 Å². The Hall–Kier alpha value is -1.56. The minimum absolute atomic E-state index is 0.161. The number of nitrogens with one attached hydrogen (secondary N) is 1. The first kappa shape index (κ1) is 17.3. The molecule has 1 aliphatic carbocycles. The van der Waals surface area contributed by atoms with Crippen LogP contribution in [0.1, 0.15) is 31.7 Å². The van der Waals surface area contributed by atoms with E-state index in [9.17, 15) is 4.79 Å². The number of carbonyl (C=O) groups is 1. The second-order valence-electron chi connectivity index (χ2n) is 6.44. The van der Waals surface area contributed by atoms with Crippen molar-refractivity contribution in [2.75, 3.05) is 32.7 Å². The van der Waals surface area contributed by atoms with E-state index in [0.717, 1.165) is 49.6 Å². The predicted molar refractivity (Wildman–Crippen MR) is 100 cm³/mol. The zero-order valence-corrected chi connectivity index (χ0v) is 15.9. The third-order valence-electron chi connectivity index (χ3n) is 4.74. The lowest BCUT2D eigenvalue weighted by Gasteiger charge is -2.36. The van der Waals surface area contributed by atoms with Gasteiger partial charge in [0.15, 0.2) is 5.96 Å². The number of carbonyl (C=O) groups excluding carboxylic acids is 1. The van der Waals surface area contributed by atoms with Gasteiger partial charge >= 0.3 is 0 Å². The average molecular weight is 393 g/mol. The number of hydrogen-bond donors (Lipinski definition) is 1. The number of benzene rings is 1. The third-order valence-corrected chi connectivity index (χ3v) is 5.26. The van der Waals surface area contributed by atoms with Gasteiger partial charge in [0.05, 0.1) is 0 Å². The first-order valence-corrected chi connectivity index (χ1v) is 9.44. The summed E-state index contributed by atoms with van der Waals surface area (Å²) in [7, 11) is 0. The summed E-state index contributed by atoms with van der Waals surface area (Å²) in [6, 6.07) is 9.05. The van der Waals surface area contributed by atoms with Crippen molar-refractivity contribution in [3.8, 4) is 0 Å². The van der Waals surface area contributed by atoms with E-state index >= 15 is 0 Å². The summed E-state index contributed by atoms with van der Waals surface area (Å²) in [4.78, 5) is 20.3. The van der Waals surface area contributed by atoms with Crippen LogP contribution in [0.5, 0.6) is 0 Å². The van der Waals surface area contributed by atoms with Gasteiger partial charge in [0.25, 0.3) is 0 Å². The second kappa shape index (κ2) is 7.55. The van der Waals surface area contributed by atoms with Gasteiger partial charge in [-0.2, -0.15) is 0 Å². The fourth-order valence-corrected chi connectivity index (χ4v) is 3.48. The number of halogens is 1. The van der Waals surface area contributed by atoms with Gasteiger partial charge in [-0.25, -0.2) is 0 Å². The third kappa shape index (κ3) is 4.09. The van der Waals surface area contributed by atoms with Crippen LogP contribution in [0.4, 0.5) is 0 Å². The molecular formula is C18H25BrN4O. The highest BCUT2D eigenvalue weighted by molar-refractivity contribution is 9.10. The molecule has 2 atom stereocenters. The van der Waals surface area contributed by atoms with E-state index in [0.29, 0.717) is 12.0 Å². The topological polar surface area (TPSA) is 47.9 Å². The zero-order chi connectivity index (χ0) is 17.1. The Morgan fingerprint density at radius 1 is 1.21 bits per heavy atom. The Balaban J connectivity index is 1.57. The number of amides is 1. The molecule has 0 spiro atoms. The van der Waals surface area contributed by atoms with Crippen molar-refractivity contribution >= 4 is 27.8 Å². The summed E-state index contributed by atoms with van der Waals surface area (Å²) in [6.07, 6.45) is 1.15. The molecule has 5 nitrogen and oxygen atoms in total. The molecule has 130 valence electrons. The van der Waals surface area contributed by atoms with Gasteiger partial charge in [-0.05, 0) is 31.0 Å². The molecule has 0 aromatic heterocycles. The first-order valence-electron chi connectivity index (χ1n) is 8.65. The number of nitrogens with zero attached hydrogens (tertiary/aromatic N) is 3. The van der Waals surface area contributed by atoms with E-state index in [1.807, 2.05) is 4.90 Å². The van der Waals surface area contributed by atoms with E-state index in [2.05, 4.69) is 62.3 Å². The highest BCUT2D eigenvalue weighted by Crippen LogP contribution is 2.41. The number of guanidine groups is 1. The van der Waals surface area contributed by atoms with Crippen molar-refractivity contribution < 1.29 is 4.79 Å². The molecular weight excluding hydrogens is 368 g/mol. The summed E-state index contributed by atoms with van der Waals surface area (Å²) >= 11 is 3.49. The number of rotatable bonds is 3. The molecule has 2 aliphatic rings. The quantitative estimate of drug-likeness (QED) is 0.634. The molecule has 1 aromatic carbocycles. The van der Waals surface area contributed by atoms with Crippen LogP contribution in [0.15, 0.2) is 33.7 Å². The second-order valence-corrected chi connectivity index (χ2v) is 7.35. The maximum atomic E-state index is 11.5. The number of aliphatic imine (C=N–C) groups is 1. The lowest BCUT2D eigenvalue weighted by molar-refractivity contribution is -0.130. The molecule has 1 saturated heterocycles. The van der Waals surface area contributed by atoms with Gasteiger partial charge in [-0.1, -0.05) is 28.1 Å². The Kier molecular flexibility index (Phi) is 5.43. The fraction of sp³-hybridized carbons (Fsp3) is 0.556. The monoisotopic (exact) mass is 392 g/mol. The molecule has 0 bridgehead atoms. The van der Waals surface area contributed by atoms with Crippen LogP contribution < -0.4 is 5.32 Å². The van der Waals surface area contributed by atoms with Crippen molar-refractivity contribution in [3.63, 3.8) is 0 Å². The summed E-state index contributed by atoms with van der Waals surface area (Å²) in [5, 5.41) is 3.63. The first-order chi connectivity index (χ1) is 11.6. The summed E-state index contributed by atoms with van der Waals surface area (Å²) < 4.78 is 1.12. The molecule has 2 unspecified atom stereocenters. The summed E-state index contributed by atoms with van der Waals surface area (Å²) in [5.41, 5.74) is 1.38. The van der Waals surface area contributed by atoms with E-state index in [1.165, 1.54) is 5.56 Å². The number of piperazine rings is 1. The largest absolute Gasteiger partial charge is 0.353 e. The van der Waals surface area contributed by atoms with Gasteiger partial charge in [0, 0.05) is 56.1 Å². The number of hydrogen-bond acceptors (Lipinski definition) is 2. The molecule has 1 amide bonds. The molecule has 2 fully saturated rings. The highest BCUT2D eigenvalue weighted by Gasteiger charge is 2.39. The maximum Gasteiger partial charge on any atom is 0.219 e. The molecule has 6 heteroatoms. The molecule has 1 aromatic rings. The fourth-order valence-electron chi connectivity index (χ4n) is 3.22. The van der Waals surface area contributed by atoms with Crippen molar-refractivity contribution in [1.29, 1.82) is 0 Å². The smallest absolute Gasteiger partial charge is 0.219 e. The minimum Gasteiger partial charge on any atom is -0.353 e. The highest BCUT2D eigenvalue weighted by atomic mass is 79.9. The molecule has 24 heavy (non-hydrogen) atoms. The molecule has 1 N–H and O–H groups in total. The zero-order valence-electron chi connectivity index (χ0n) is 14.3. The van der Waals surface area contributed by atoms with Gasteiger partial charge in [0.1, 0.15) is 0 Å². The van der Waals surface area contributed by atoms with Crippen molar-refractivity contribution in [1.82, 2.24) is 15.1 Å². The lowest BCUT2D eigenvalue weighted by Crippen LogP contribution is -2.53. The lowest BCUT2D eigenvalue weighted by atomic mass is 10.1. The molecule has 0 radical (unpaired) electrons. The molecule has 1 aliphatic heterocycles. The van der Waals surface area contributed by atoms with Crippen molar-refractivity contribution in [2.45, 2.75) is 32.2 Å². The molecule has 3 rings (SSSR count). The van der Waals surface area contributed by atoms with Gasteiger partial charge in [0.2, 0.25) is 5.91 Å². The van der Waals surface area contributed by atoms with Gasteiger partial charge < -0.3 is 15.1 Å². The van der Waals surface area contributed by atoms with Crippen LogP contribution >= 0.6 is 15.9 Å². The van der Waals surface area contributed by atoms with Gasteiger partial charge in [-0.3, -0.25) is 9.79 Å². The maximum absolute atomic E-state index is 11.5. The van der Waals surface area contributed by atoms with E-state index < -0.39 is 0 Å². The Labute approximate surface area is 152 Å². The summed E-state index contributed by atoms with van der Waals surface area (Å²) in [6.45, 7) is 7.72. The Morgan fingerprint density at radius 2 is 1.83 bits per heavy atom. The van der Waals surface area contributed by atoms with Crippen LogP contribution in [0.25, 0.3) is 0 Å². The van der Waals surface area contributed by atoms with E-state index in [4.69, 9.17) is 0 Å². The standard InChI is InChI=1S/C18H25BrN4O/c1-3-20-18(23-10-8-22(9-11-23)13(2)24)21-17-12-16(17)14-4-6-15(19)7-5-14/h4-7,16-17H,3,8-12H2,1-2H3,(H,20,21). The van der Waals surface area contributed by atoms with Crippen LogP contribution in [-0.4, -0.2) is 60.4 Å². The van der Waals surface area contributed by atoms with Crippen LogP contribution in [0.3, 0.4) is 0 Å². The normalized spacial score (nSPS) is 24.0. The van der Waals surface area contributed by atoms with E-state index in [-0.39, 0.29) is 5.91 Å². The SMILES string of the molecule is CCN=C(NC1CC1c1ccc(Br)cc1)N1CCN(C(C)=O)CC1. The Bertz CT molecular complexity index is 608. The van der Waals surface area contributed by atoms with Crippen LogP contribution in [0.2, 0.25) is 0 Å². The Morgan fingerprint density at radius 3 is 2.42 bits per heavy atom. The van der Waals surface area contributed by atoms with Crippen LogP contribution in [-0.2, 0) is 4.79 Å². The van der Waals surface area contributed by atoms with E-state index in [1.54, 1.807) is 6.92 Å². The summed E-state index contributed by atoms with van der Waals surface area (Å²) in [5.74, 6) is 1.72. The van der Waals surface area contributed by atoms with Crippen LogP contribution in [0, 0.1) is 0 Å². The predicted octanol–water partition coefficient (Wildman–Crippen LogP) is 2.43. The average Bonchev–Trinajstić information content (AvgIpc) is 3.34. The minimum atomic E-state index is 0.161. The molecule has 1 saturated carbocycles. The molecule has 1 heterocycles. The van der Waals surface area contributed by atoms with Crippen molar-refractivity contribution in [3.05, 3.63) is 34.3 Å². The van der Waals surface area contributed by atoms with Gasteiger partial charge in [-0.15, -0.1) is 0 Å².